The number of aryl methyl sites for hydroxylation is 2. The minimum Gasteiger partial charge on any atom is -0.348 e. The molecule has 0 N–H and O–H groups in total. The monoisotopic (exact) mass is 446 g/mol. The molecule has 1 saturated heterocycles. The quantitative estimate of drug-likeness (QED) is 0.726. The third-order valence-electron chi connectivity index (χ3n) is 9.04. The van der Waals surface area contributed by atoms with Gasteiger partial charge in [0.25, 0.3) is 5.56 Å². The van der Waals surface area contributed by atoms with E-state index in [2.05, 4.69) is 41.1 Å². The van der Waals surface area contributed by atoms with Gasteiger partial charge in [0.05, 0.1) is 5.41 Å². The highest BCUT2D eigenvalue weighted by atomic mass is 16.2. The molecule has 2 unspecified atom stereocenters. The zero-order valence-electron chi connectivity index (χ0n) is 19.8. The number of carbonyl (C=O) groups is 1. The van der Waals surface area contributed by atoms with E-state index in [0.717, 1.165) is 19.3 Å². The maximum atomic E-state index is 14.1. The van der Waals surface area contributed by atoms with Crippen molar-refractivity contribution in [1.29, 1.82) is 0 Å². The Morgan fingerprint density at radius 3 is 2.33 bits per heavy atom. The van der Waals surface area contributed by atoms with Crippen LogP contribution < -0.4 is 10.5 Å². The summed E-state index contributed by atoms with van der Waals surface area (Å²) in [6, 6.07) is 9.13. The highest BCUT2D eigenvalue weighted by Crippen LogP contribution is 2.66. The first-order chi connectivity index (χ1) is 15.9. The van der Waals surface area contributed by atoms with E-state index in [0.29, 0.717) is 49.7 Å². The number of hydrogen-bond acceptors (Lipinski definition) is 4. The number of nitrogens with zero attached hydrogens (tertiary/aromatic N) is 4. The lowest BCUT2D eigenvalue weighted by Gasteiger charge is -2.62. The topological polar surface area (TPSA) is 58.4 Å². The van der Waals surface area contributed by atoms with Crippen LogP contribution in [0.25, 0.3) is 0 Å². The summed E-state index contributed by atoms with van der Waals surface area (Å²) in [5, 5.41) is 0. The van der Waals surface area contributed by atoms with Gasteiger partial charge in [-0.3, -0.25) is 9.59 Å². The second kappa shape index (κ2) is 7.44. The first kappa shape index (κ1) is 20.9. The smallest absolute Gasteiger partial charge is 0.293 e. The molecule has 1 aromatic carbocycles. The Labute approximate surface area is 195 Å². The van der Waals surface area contributed by atoms with E-state index in [-0.39, 0.29) is 16.4 Å². The molecule has 0 spiro atoms. The maximum absolute atomic E-state index is 14.1. The van der Waals surface area contributed by atoms with Crippen molar-refractivity contribution in [3.63, 3.8) is 0 Å². The van der Waals surface area contributed by atoms with Gasteiger partial charge < -0.3 is 14.4 Å². The molecule has 6 heteroatoms. The Kier molecular flexibility index (Phi) is 4.72. The Balaban J connectivity index is 1.22. The molecule has 5 fully saturated rings. The van der Waals surface area contributed by atoms with E-state index in [4.69, 9.17) is 0 Å². The molecule has 0 radical (unpaired) electrons. The summed E-state index contributed by atoms with van der Waals surface area (Å²) < 4.78 is 1.57. The van der Waals surface area contributed by atoms with Gasteiger partial charge in [-0.1, -0.05) is 29.8 Å². The molecule has 2 aromatic rings. The normalized spacial score (nSPS) is 32.9. The zero-order chi connectivity index (χ0) is 22.8. The molecule has 2 heterocycles. The molecule has 2 atom stereocenters. The molecule has 4 aliphatic carbocycles. The Hall–Kier alpha value is -2.63. The third kappa shape index (κ3) is 3.32. The van der Waals surface area contributed by atoms with E-state index in [1.54, 1.807) is 24.0 Å². The van der Waals surface area contributed by atoms with Gasteiger partial charge >= 0.3 is 0 Å². The van der Waals surface area contributed by atoms with Crippen LogP contribution in [0.1, 0.15) is 49.7 Å². The van der Waals surface area contributed by atoms with Crippen LogP contribution in [0.3, 0.4) is 0 Å². The first-order valence-electron chi connectivity index (χ1n) is 12.5. The molecule has 1 amide bonds. The Morgan fingerprint density at radius 1 is 1.00 bits per heavy atom. The lowest BCUT2D eigenvalue weighted by atomic mass is 9.42. The average molecular weight is 447 g/mol. The first-order valence-corrected chi connectivity index (χ1v) is 12.5. The Morgan fingerprint density at radius 2 is 1.67 bits per heavy atom. The number of benzene rings is 1. The average Bonchev–Trinajstić information content (AvgIpc) is 2.80. The van der Waals surface area contributed by atoms with Crippen LogP contribution in [0, 0.1) is 24.2 Å². The SMILES string of the molecule is Cc1ccc(C23CC4CC(CC(C(=O)N5CCN(c6nccn(C)c6=O)CC5)(C4)C2)C3)cc1. The molecule has 1 aliphatic heterocycles. The van der Waals surface area contributed by atoms with Crippen molar-refractivity contribution in [1.82, 2.24) is 14.5 Å². The van der Waals surface area contributed by atoms with E-state index in [1.807, 2.05) is 4.90 Å². The van der Waals surface area contributed by atoms with E-state index in [1.165, 1.54) is 30.4 Å². The van der Waals surface area contributed by atoms with Crippen LogP contribution >= 0.6 is 0 Å². The molecule has 1 aromatic heterocycles. The van der Waals surface area contributed by atoms with Gasteiger partial charge in [0, 0.05) is 45.6 Å². The molecule has 5 aliphatic rings. The summed E-state index contributed by atoms with van der Waals surface area (Å²) in [6.45, 7) is 4.84. The van der Waals surface area contributed by atoms with Crippen molar-refractivity contribution in [2.75, 3.05) is 31.1 Å². The van der Waals surface area contributed by atoms with Gasteiger partial charge in [-0.05, 0) is 68.3 Å². The third-order valence-corrected chi connectivity index (χ3v) is 9.04. The fraction of sp³-hybridized carbons (Fsp3) is 0.593. The minimum atomic E-state index is -0.196. The van der Waals surface area contributed by atoms with Crippen LogP contribution in [0.4, 0.5) is 5.82 Å². The van der Waals surface area contributed by atoms with E-state index < -0.39 is 0 Å². The highest BCUT2D eigenvalue weighted by molar-refractivity contribution is 5.84. The van der Waals surface area contributed by atoms with Crippen molar-refractivity contribution in [2.24, 2.45) is 24.3 Å². The summed E-state index contributed by atoms with van der Waals surface area (Å²) in [6.07, 6.45) is 10.3. The molecule has 174 valence electrons. The molecule has 7 rings (SSSR count). The van der Waals surface area contributed by atoms with Crippen molar-refractivity contribution < 1.29 is 4.79 Å². The number of rotatable bonds is 3. The van der Waals surface area contributed by atoms with Crippen LogP contribution in [-0.2, 0) is 17.3 Å². The fourth-order valence-electron chi connectivity index (χ4n) is 7.92. The number of hydrogen-bond donors (Lipinski definition) is 0. The van der Waals surface area contributed by atoms with Gasteiger partial charge in [-0.25, -0.2) is 4.98 Å². The van der Waals surface area contributed by atoms with Gasteiger partial charge in [-0.15, -0.1) is 0 Å². The molecular formula is C27H34N4O2. The number of amides is 1. The lowest BCUT2D eigenvalue weighted by molar-refractivity contribution is -0.160. The van der Waals surface area contributed by atoms with Crippen LogP contribution in [0.5, 0.6) is 0 Å². The number of piperazine rings is 1. The molecule has 6 nitrogen and oxygen atoms in total. The van der Waals surface area contributed by atoms with Gasteiger partial charge in [-0.2, -0.15) is 0 Å². The van der Waals surface area contributed by atoms with Gasteiger partial charge in [0.2, 0.25) is 5.91 Å². The van der Waals surface area contributed by atoms with Crippen molar-refractivity contribution >= 4 is 11.7 Å². The number of aromatic nitrogens is 2. The summed E-state index contributed by atoms with van der Waals surface area (Å²) in [4.78, 5) is 35.0. The summed E-state index contributed by atoms with van der Waals surface area (Å²) in [5.41, 5.74) is 2.66. The Bertz CT molecular complexity index is 1120. The molecular weight excluding hydrogens is 412 g/mol. The van der Waals surface area contributed by atoms with Crippen molar-refractivity contribution in [2.45, 2.75) is 50.9 Å². The van der Waals surface area contributed by atoms with E-state index >= 15 is 0 Å². The van der Waals surface area contributed by atoms with Gasteiger partial charge in [0.1, 0.15) is 0 Å². The van der Waals surface area contributed by atoms with Crippen LogP contribution in [-0.4, -0.2) is 46.5 Å². The summed E-state index contributed by atoms with van der Waals surface area (Å²) in [5.74, 6) is 2.23. The summed E-state index contributed by atoms with van der Waals surface area (Å²) in [7, 11) is 1.75. The number of anilines is 1. The predicted molar refractivity (Wildman–Crippen MR) is 128 cm³/mol. The fourth-order valence-corrected chi connectivity index (χ4v) is 7.92. The highest BCUT2D eigenvalue weighted by Gasteiger charge is 2.61. The zero-order valence-corrected chi connectivity index (χ0v) is 19.8. The number of carbonyl (C=O) groups excluding carboxylic acids is 1. The molecule has 4 saturated carbocycles. The summed E-state index contributed by atoms with van der Waals surface area (Å²) >= 11 is 0. The van der Waals surface area contributed by atoms with Crippen LogP contribution in [0.15, 0.2) is 41.5 Å². The van der Waals surface area contributed by atoms with Crippen LogP contribution in [0.2, 0.25) is 0 Å². The lowest BCUT2D eigenvalue weighted by Crippen LogP contribution is -2.61. The van der Waals surface area contributed by atoms with Crippen molar-refractivity contribution in [3.05, 3.63) is 58.1 Å². The standard InChI is InChI=1S/C27H34N4O2/c1-19-3-5-22(6-4-19)26-14-20-13-21(15-26)17-27(16-20,18-26)25(33)31-11-9-30(10-12-31)23-24(32)29(2)8-7-28-23/h3-8,20-21H,9-18H2,1-2H3. The molecule has 33 heavy (non-hydrogen) atoms. The van der Waals surface area contributed by atoms with Gasteiger partial charge in [0.15, 0.2) is 5.82 Å². The maximum Gasteiger partial charge on any atom is 0.293 e. The van der Waals surface area contributed by atoms with Crippen molar-refractivity contribution in [3.8, 4) is 0 Å². The predicted octanol–water partition coefficient (Wildman–Crippen LogP) is 3.28. The molecule has 4 bridgehead atoms. The second-order valence-electron chi connectivity index (χ2n) is 11.3. The van der Waals surface area contributed by atoms with E-state index in [9.17, 15) is 9.59 Å². The second-order valence-corrected chi connectivity index (χ2v) is 11.3. The minimum absolute atomic E-state index is 0.0709. The largest absolute Gasteiger partial charge is 0.348 e.